The maximum absolute atomic E-state index is 2.57. The van der Waals surface area contributed by atoms with Gasteiger partial charge in [-0.1, -0.05) is 218 Å². The molecule has 0 unspecified atom stereocenters. The minimum atomic E-state index is -0.0339. The zero-order chi connectivity index (χ0) is 38.6. The van der Waals surface area contributed by atoms with Gasteiger partial charge in [0.15, 0.2) is 0 Å². The van der Waals surface area contributed by atoms with E-state index in [1.54, 1.807) is 0 Å². The molecule has 58 heavy (non-hydrogen) atoms. The minimum Gasteiger partial charge on any atom is -0.0622 e. The van der Waals surface area contributed by atoms with Gasteiger partial charge in [0.2, 0.25) is 0 Å². The van der Waals surface area contributed by atoms with Gasteiger partial charge < -0.3 is 0 Å². The van der Waals surface area contributed by atoms with Crippen molar-refractivity contribution in [2.24, 2.45) is 0 Å². The van der Waals surface area contributed by atoms with Gasteiger partial charge in [-0.15, -0.1) is 0 Å². The topological polar surface area (TPSA) is 0 Å². The molecule has 8 aromatic carbocycles. The summed E-state index contributed by atoms with van der Waals surface area (Å²) in [5.74, 6) is 0. The Morgan fingerprint density at radius 1 is 0.190 bits per heavy atom. The van der Waals surface area contributed by atoms with E-state index < -0.39 is 0 Å². The Morgan fingerprint density at radius 2 is 0.379 bits per heavy atom. The second kappa shape index (κ2) is 13.7. The van der Waals surface area contributed by atoms with E-state index in [9.17, 15) is 0 Å². The largest absolute Gasteiger partial charge is 0.0622 e. The standard InChI is InChI=1S/C58H48/c1-5-17-43(18-6-1)47-25-13-29-51(33-47)55-37-56(52-30-14-26-48(34-52)44-19-7-2-8-20-44)40-57(38-55,53-31-15-27-49(35-53)45-21-9-3-10-22-45)42-58(39-55,41-56)54-32-16-28-50(36-54)46-23-11-4-12-24-46/h1-36H,37-42H2. The molecule has 4 aliphatic rings. The van der Waals surface area contributed by atoms with Gasteiger partial charge in [-0.2, -0.15) is 0 Å². The molecule has 4 aliphatic carbocycles. The van der Waals surface area contributed by atoms with Crippen molar-refractivity contribution in [2.45, 2.75) is 60.2 Å². The van der Waals surface area contributed by atoms with E-state index in [2.05, 4.69) is 218 Å². The smallest absolute Gasteiger partial charge is 0.00213 e. The summed E-state index contributed by atoms with van der Waals surface area (Å²) in [4.78, 5) is 0. The molecule has 8 aromatic rings. The molecule has 0 spiro atoms. The highest BCUT2D eigenvalue weighted by Crippen LogP contribution is 2.75. The van der Waals surface area contributed by atoms with E-state index >= 15 is 0 Å². The first-order chi connectivity index (χ1) is 28.5. The number of hydrogen-bond donors (Lipinski definition) is 0. The van der Waals surface area contributed by atoms with Gasteiger partial charge in [0.1, 0.15) is 0 Å². The SMILES string of the molecule is c1ccc(-c2cccc(C34CC5(c6cccc(-c7ccccc7)c6)CC(c6cccc(-c7ccccc7)c6)(C3)CC(c3cccc(-c6ccccc6)c3)(C4)C5)c2)cc1. The summed E-state index contributed by atoms with van der Waals surface area (Å²) in [7, 11) is 0. The number of benzene rings is 8. The molecule has 0 heteroatoms. The van der Waals surface area contributed by atoms with Crippen molar-refractivity contribution >= 4 is 0 Å². The zero-order valence-corrected chi connectivity index (χ0v) is 33.0. The Hall–Kier alpha value is -6.24. The van der Waals surface area contributed by atoms with Crippen molar-refractivity contribution in [3.63, 3.8) is 0 Å². The highest BCUT2D eigenvalue weighted by atomic mass is 14.7. The molecule has 12 rings (SSSR count). The van der Waals surface area contributed by atoms with E-state index in [1.807, 2.05) is 0 Å². The third kappa shape index (κ3) is 5.89. The van der Waals surface area contributed by atoms with Crippen LogP contribution in [-0.2, 0) is 21.7 Å². The fourth-order valence-corrected chi connectivity index (χ4v) is 12.5. The molecule has 0 N–H and O–H groups in total. The van der Waals surface area contributed by atoms with E-state index in [1.165, 1.54) is 66.8 Å². The van der Waals surface area contributed by atoms with Crippen LogP contribution >= 0.6 is 0 Å². The highest BCUT2D eigenvalue weighted by Gasteiger charge is 2.69. The molecule has 280 valence electrons. The summed E-state index contributed by atoms with van der Waals surface area (Å²) in [6, 6.07) is 82.8. The summed E-state index contributed by atoms with van der Waals surface area (Å²) >= 11 is 0. The van der Waals surface area contributed by atoms with Crippen LogP contribution in [0.5, 0.6) is 0 Å². The van der Waals surface area contributed by atoms with Crippen LogP contribution in [0.4, 0.5) is 0 Å². The molecule has 0 amide bonds. The molecule has 0 atom stereocenters. The van der Waals surface area contributed by atoms with Crippen molar-refractivity contribution < 1.29 is 0 Å². The molecule has 0 radical (unpaired) electrons. The van der Waals surface area contributed by atoms with Crippen molar-refractivity contribution in [2.75, 3.05) is 0 Å². The molecule has 4 fully saturated rings. The fraction of sp³-hybridized carbons (Fsp3) is 0.172. The molecule has 4 bridgehead atoms. The predicted octanol–water partition coefficient (Wildman–Crippen LogP) is 14.8. The second-order valence-corrected chi connectivity index (χ2v) is 18.0. The summed E-state index contributed by atoms with van der Waals surface area (Å²) < 4.78 is 0. The van der Waals surface area contributed by atoms with Gasteiger partial charge in [-0.05, 0) is 127 Å². The van der Waals surface area contributed by atoms with Gasteiger partial charge in [0, 0.05) is 0 Å². The molecule has 0 nitrogen and oxygen atoms in total. The average molecular weight is 745 g/mol. The monoisotopic (exact) mass is 744 g/mol. The van der Waals surface area contributed by atoms with Gasteiger partial charge in [-0.3, -0.25) is 0 Å². The van der Waals surface area contributed by atoms with Crippen molar-refractivity contribution in [3.8, 4) is 44.5 Å². The lowest BCUT2D eigenvalue weighted by Gasteiger charge is -2.71. The third-order valence-corrected chi connectivity index (χ3v) is 14.4. The molecular formula is C58H48. The van der Waals surface area contributed by atoms with Crippen LogP contribution in [0.25, 0.3) is 44.5 Å². The summed E-state index contributed by atoms with van der Waals surface area (Å²) in [6.45, 7) is 0. The fourth-order valence-electron chi connectivity index (χ4n) is 12.5. The summed E-state index contributed by atoms with van der Waals surface area (Å²) in [5, 5.41) is 0. The summed E-state index contributed by atoms with van der Waals surface area (Å²) in [5.41, 5.74) is 16.3. The first kappa shape index (κ1) is 35.0. The van der Waals surface area contributed by atoms with Crippen molar-refractivity contribution in [1.29, 1.82) is 0 Å². The van der Waals surface area contributed by atoms with E-state index in [0.717, 1.165) is 38.5 Å². The van der Waals surface area contributed by atoms with Crippen LogP contribution in [0.2, 0.25) is 0 Å². The predicted molar refractivity (Wildman–Crippen MR) is 242 cm³/mol. The zero-order valence-electron chi connectivity index (χ0n) is 33.0. The third-order valence-electron chi connectivity index (χ3n) is 14.4. The van der Waals surface area contributed by atoms with Crippen LogP contribution in [0.3, 0.4) is 0 Å². The Kier molecular flexibility index (Phi) is 8.26. The van der Waals surface area contributed by atoms with E-state index in [0.29, 0.717) is 0 Å². The minimum absolute atomic E-state index is 0.0339. The molecule has 0 aromatic heterocycles. The van der Waals surface area contributed by atoms with E-state index in [-0.39, 0.29) is 21.7 Å². The Morgan fingerprint density at radius 3 is 0.586 bits per heavy atom. The molecular weight excluding hydrogens is 697 g/mol. The van der Waals surface area contributed by atoms with Crippen LogP contribution in [0, 0.1) is 0 Å². The quantitative estimate of drug-likeness (QED) is 0.145. The van der Waals surface area contributed by atoms with Crippen LogP contribution in [0.15, 0.2) is 218 Å². The highest BCUT2D eigenvalue weighted by molar-refractivity contribution is 5.69. The van der Waals surface area contributed by atoms with Crippen LogP contribution in [-0.4, -0.2) is 0 Å². The van der Waals surface area contributed by atoms with Crippen molar-refractivity contribution in [1.82, 2.24) is 0 Å². The summed E-state index contributed by atoms with van der Waals surface area (Å²) in [6.07, 6.45) is 6.90. The lowest BCUT2D eigenvalue weighted by atomic mass is 9.32. The Balaban J connectivity index is 1.17. The normalized spacial score (nSPS) is 24.4. The van der Waals surface area contributed by atoms with Gasteiger partial charge in [0.05, 0.1) is 0 Å². The second-order valence-electron chi connectivity index (χ2n) is 18.0. The molecule has 4 saturated carbocycles. The first-order valence-corrected chi connectivity index (χ1v) is 21.2. The molecule has 0 saturated heterocycles. The lowest BCUT2D eigenvalue weighted by Crippen LogP contribution is -2.67. The first-order valence-electron chi connectivity index (χ1n) is 21.2. The van der Waals surface area contributed by atoms with Crippen molar-refractivity contribution in [3.05, 3.63) is 241 Å². The maximum Gasteiger partial charge on any atom is -0.00213 e. The van der Waals surface area contributed by atoms with E-state index in [4.69, 9.17) is 0 Å². The number of hydrogen-bond acceptors (Lipinski definition) is 0. The van der Waals surface area contributed by atoms with Crippen LogP contribution < -0.4 is 0 Å². The van der Waals surface area contributed by atoms with Crippen LogP contribution in [0.1, 0.15) is 60.8 Å². The molecule has 0 heterocycles. The van der Waals surface area contributed by atoms with Gasteiger partial charge in [-0.25, -0.2) is 0 Å². The maximum atomic E-state index is 2.57. The van der Waals surface area contributed by atoms with Gasteiger partial charge in [0.25, 0.3) is 0 Å². The van der Waals surface area contributed by atoms with Gasteiger partial charge >= 0.3 is 0 Å². The number of rotatable bonds is 8. The average Bonchev–Trinajstić information content (AvgIpc) is 3.30. The Bertz CT molecular complexity index is 2310. The molecule has 0 aliphatic heterocycles. The Labute approximate surface area is 343 Å². The lowest BCUT2D eigenvalue weighted by molar-refractivity contribution is -0.0691.